The number of carbonyl (C=O) groups excluding carboxylic acids is 2. The summed E-state index contributed by atoms with van der Waals surface area (Å²) >= 11 is 0. The number of nitrogens with one attached hydrogen (secondary N) is 1. The van der Waals surface area contributed by atoms with Crippen LogP contribution in [0.25, 0.3) is 0 Å². The summed E-state index contributed by atoms with van der Waals surface area (Å²) in [5, 5.41) is 1.13. The van der Waals surface area contributed by atoms with Crippen LogP contribution in [0.1, 0.15) is 24.0 Å². The van der Waals surface area contributed by atoms with Crippen LogP contribution < -0.4 is 5.32 Å². The fourth-order valence-electron chi connectivity index (χ4n) is 3.12. The number of carbonyl (C=O) groups is 2. The van der Waals surface area contributed by atoms with Crippen LogP contribution in [0.15, 0.2) is 23.1 Å². The Morgan fingerprint density at radius 1 is 1.08 bits per heavy atom. The van der Waals surface area contributed by atoms with Gasteiger partial charge in [-0.05, 0) is 49.9 Å². The maximum atomic E-state index is 12.4. The summed E-state index contributed by atoms with van der Waals surface area (Å²) in [6, 6.07) is 5.23. The van der Waals surface area contributed by atoms with E-state index in [1.54, 1.807) is 17.9 Å². The standard InChI is InChI=1S/C18H25N3O4S/c1-13-3-6-16(11-14(13)2)26(24,25)18(23)19-12-17(22)21-9-7-20(8-10-21)15-4-5-15/h3,6,11,15H,4-5,7-10,12H2,1-2H3,(H,19,23). The molecule has 1 aromatic carbocycles. The molecule has 0 radical (unpaired) electrons. The molecule has 0 bridgehead atoms. The Labute approximate surface area is 154 Å². The molecule has 2 aliphatic rings. The predicted molar refractivity (Wildman–Crippen MR) is 97.7 cm³/mol. The number of sulfone groups is 1. The van der Waals surface area contributed by atoms with Crippen LogP contribution in [0.4, 0.5) is 4.79 Å². The molecule has 2 fully saturated rings. The summed E-state index contributed by atoms with van der Waals surface area (Å²) in [6.07, 6.45) is 2.47. The van der Waals surface area contributed by atoms with Gasteiger partial charge in [-0.25, -0.2) is 8.42 Å². The fraction of sp³-hybridized carbons (Fsp3) is 0.556. The van der Waals surface area contributed by atoms with Crippen LogP contribution in [-0.4, -0.2) is 68.1 Å². The fourth-order valence-corrected chi connectivity index (χ4v) is 4.17. The SMILES string of the molecule is Cc1ccc(S(=O)(=O)C(=O)NCC(=O)N2CCN(C3CC3)CC2)cc1C. The highest BCUT2D eigenvalue weighted by molar-refractivity contribution is 8.06. The quantitative estimate of drug-likeness (QED) is 0.846. The predicted octanol–water partition coefficient (Wildman–Crippen LogP) is 1.09. The number of amides is 2. The molecule has 0 atom stereocenters. The molecule has 1 saturated carbocycles. The molecule has 0 spiro atoms. The van der Waals surface area contributed by atoms with E-state index in [0.717, 1.165) is 24.2 Å². The molecular formula is C18H25N3O4S. The lowest BCUT2D eigenvalue weighted by Crippen LogP contribution is -2.51. The third-order valence-corrected chi connectivity index (χ3v) is 6.65. The highest BCUT2D eigenvalue weighted by atomic mass is 32.2. The van der Waals surface area contributed by atoms with Crippen molar-refractivity contribution >= 4 is 21.0 Å². The zero-order valence-corrected chi connectivity index (χ0v) is 16.0. The summed E-state index contributed by atoms with van der Waals surface area (Å²) in [4.78, 5) is 28.4. The second-order valence-electron chi connectivity index (χ2n) is 7.04. The van der Waals surface area contributed by atoms with Gasteiger partial charge in [0.15, 0.2) is 0 Å². The Morgan fingerprint density at radius 3 is 2.31 bits per heavy atom. The highest BCUT2D eigenvalue weighted by Crippen LogP contribution is 2.27. The third kappa shape index (κ3) is 4.07. The van der Waals surface area contributed by atoms with Crippen molar-refractivity contribution in [2.45, 2.75) is 37.6 Å². The average Bonchev–Trinajstić information content (AvgIpc) is 3.46. The lowest BCUT2D eigenvalue weighted by Gasteiger charge is -2.34. The lowest BCUT2D eigenvalue weighted by atomic mass is 10.1. The van der Waals surface area contributed by atoms with Crippen molar-refractivity contribution in [3.8, 4) is 0 Å². The maximum Gasteiger partial charge on any atom is 0.341 e. The summed E-state index contributed by atoms with van der Waals surface area (Å²) in [5.74, 6) is -0.246. The van der Waals surface area contributed by atoms with Crippen LogP contribution in [0.5, 0.6) is 0 Å². The van der Waals surface area contributed by atoms with Gasteiger partial charge in [0.25, 0.3) is 9.84 Å². The van der Waals surface area contributed by atoms with E-state index in [0.29, 0.717) is 19.1 Å². The van der Waals surface area contributed by atoms with Crippen molar-refractivity contribution in [3.63, 3.8) is 0 Å². The lowest BCUT2D eigenvalue weighted by molar-refractivity contribution is -0.131. The van der Waals surface area contributed by atoms with Crippen LogP contribution in [0.2, 0.25) is 0 Å². The smallest absolute Gasteiger partial charge is 0.339 e. The summed E-state index contributed by atoms with van der Waals surface area (Å²) < 4.78 is 24.7. The molecule has 1 aliphatic carbocycles. The van der Waals surface area contributed by atoms with E-state index in [9.17, 15) is 18.0 Å². The molecule has 1 N–H and O–H groups in total. The zero-order chi connectivity index (χ0) is 18.9. The van der Waals surface area contributed by atoms with E-state index in [1.165, 1.54) is 25.0 Å². The van der Waals surface area contributed by atoms with Gasteiger partial charge in [-0.2, -0.15) is 0 Å². The van der Waals surface area contributed by atoms with Crippen molar-refractivity contribution < 1.29 is 18.0 Å². The molecule has 2 amide bonds. The second kappa shape index (κ2) is 7.36. The second-order valence-corrected chi connectivity index (χ2v) is 8.89. The van der Waals surface area contributed by atoms with Gasteiger partial charge in [0, 0.05) is 32.2 Å². The van der Waals surface area contributed by atoms with Gasteiger partial charge in [-0.1, -0.05) is 6.07 Å². The first-order chi connectivity index (χ1) is 12.3. The number of piperazine rings is 1. The number of benzene rings is 1. The van der Waals surface area contributed by atoms with Crippen LogP contribution in [-0.2, 0) is 14.6 Å². The molecule has 0 aromatic heterocycles. The van der Waals surface area contributed by atoms with Gasteiger partial charge in [0.1, 0.15) is 0 Å². The number of hydrogen-bond acceptors (Lipinski definition) is 5. The van der Waals surface area contributed by atoms with Crippen molar-refractivity contribution in [1.29, 1.82) is 0 Å². The Morgan fingerprint density at radius 2 is 1.73 bits per heavy atom. The number of aryl methyl sites for hydroxylation is 2. The van der Waals surface area contributed by atoms with E-state index >= 15 is 0 Å². The molecule has 0 unspecified atom stereocenters. The maximum absolute atomic E-state index is 12.4. The highest BCUT2D eigenvalue weighted by Gasteiger charge is 2.32. The van der Waals surface area contributed by atoms with Crippen molar-refractivity contribution in [2.75, 3.05) is 32.7 Å². The van der Waals surface area contributed by atoms with Gasteiger partial charge in [-0.3, -0.25) is 14.5 Å². The van der Waals surface area contributed by atoms with Crippen molar-refractivity contribution in [1.82, 2.24) is 15.1 Å². The molecule has 1 saturated heterocycles. The van der Waals surface area contributed by atoms with Gasteiger partial charge in [0.05, 0.1) is 11.4 Å². The topological polar surface area (TPSA) is 86.8 Å². The first-order valence-corrected chi connectivity index (χ1v) is 10.4. The van der Waals surface area contributed by atoms with Crippen LogP contribution >= 0.6 is 0 Å². The monoisotopic (exact) mass is 379 g/mol. The Hall–Kier alpha value is -1.93. The minimum atomic E-state index is -4.15. The number of hydrogen-bond donors (Lipinski definition) is 1. The van der Waals surface area contributed by atoms with E-state index < -0.39 is 15.1 Å². The largest absolute Gasteiger partial charge is 0.341 e. The molecule has 26 heavy (non-hydrogen) atoms. The molecule has 7 nitrogen and oxygen atoms in total. The van der Waals surface area contributed by atoms with Gasteiger partial charge in [0.2, 0.25) is 5.91 Å². The normalized spacial score (nSPS) is 18.6. The van der Waals surface area contributed by atoms with Gasteiger partial charge in [-0.15, -0.1) is 0 Å². The van der Waals surface area contributed by atoms with Crippen LogP contribution in [0, 0.1) is 13.8 Å². The van der Waals surface area contributed by atoms with Crippen molar-refractivity contribution in [2.24, 2.45) is 0 Å². The Balaban J connectivity index is 1.54. The molecule has 1 heterocycles. The van der Waals surface area contributed by atoms with E-state index in [4.69, 9.17) is 0 Å². The molecule has 1 aliphatic heterocycles. The van der Waals surface area contributed by atoms with Crippen LogP contribution in [0.3, 0.4) is 0 Å². The molecule has 142 valence electrons. The Kier molecular flexibility index (Phi) is 5.34. The third-order valence-electron chi connectivity index (χ3n) is 5.15. The first kappa shape index (κ1) is 18.8. The van der Waals surface area contributed by atoms with Gasteiger partial charge < -0.3 is 10.2 Å². The van der Waals surface area contributed by atoms with Crippen molar-refractivity contribution in [3.05, 3.63) is 29.3 Å². The van der Waals surface area contributed by atoms with E-state index in [2.05, 4.69) is 10.2 Å². The molecular weight excluding hydrogens is 354 g/mol. The Bertz CT molecular complexity index is 810. The molecule has 1 aromatic rings. The number of rotatable bonds is 4. The summed E-state index contributed by atoms with van der Waals surface area (Å²) in [5.41, 5.74) is 1.74. The van der Waals surface area contributed by atoms with E-state index in [1.807, 2.05) is 6.92 Å². The van der Waals surface area contributed by atoms with Gasteiger partial charge >= 0.3 is 5.24 Å². The zero-order valence-electron chi connectivity index (χ0n) is 15.2. The average molecular weight is 379 g/mol. The van der Waals surface area contributed by atoms with E-state index in [-0.39, 0.29) is 17.3 Å². The molecule has 3 rings (SSSR count). The summed E-state index contributed by atoms with van der Waals surface area (Å²) in [7, 11) is -4.15. The first-order valence-electron chi connectivity index (χ1n) is 8.91. The summed E-state index contributed by atoms with van der Waals surface area (Å²) in [6.45, 7) is 6.28. The molecule has 8 heteroatoms. The minimum Gasteiger partial charge on any atom is -0.339 e. The number of nitrogens with zero attached hydrogens (tertiary/aromatic N) is 2. The minimum absolute atomic E-state index is 0.0522.